The summed E-state index contributed by atoms with van der Waals surface area (Å²) in [6.07, 6.45) is 0.972. The third-order valence-corrected chi connectivity index (χ3v) is 3.11. The van der Waals surface area contributed by atoms with Crippen LogP contribution < -0.4 is 0 Å². The van der Waals surface area contributed by atoms with E-state index < -0.39 is 5.97 Å². The number of carbonyl (C=O) groups excluding carboxylic acids is 1. The average Bonchev–Trinajstić information content (AvgIpc) is 2.37. The largest absolute Gasteiger partial charge is 0.478 e. The van der Waals surface area contributed by atoms with E-state index in [1.54, 1.807) is 31.2 Å². The van der Waals surface area contributed by atoms with E-state index in [9.17, 15) is 14.7 Å². The second-order valence-corrected chi connectivity index (χ2v) is 5.23. The predicted molar refractivity (Wildman–Crippen MR) is 76.8 cm³/mol. The van der Waals surface area contributed by atoms with E-state index in [0.717, 1.165) is 6.42 Å². The molecule has 0 spiro atoms. The Bertz CT molecular complexity index is 465. The second kappa shape index (κ2) is 7.68. The lowest BCUT2D eigenvalue weighted by atomic mass is 9.85. The van der Waals surface area contributed by atoms with Gasteiger partial charge in [-0.1, -0.05) is 32.0 Å². The van der Waals surface area contributed by atoms with E-state index in [-0.39, 0.29) is 23.9 Å². The van der Waals surface area contributed by atoms with Crippen LogP contribution in [0.15, 0.2) is 24.3 Å². The van der Waals surface area contributed by atoms with Crippen LogP contribution in [0.25, 0.3) is 0 Å². The number of carboxylic acids is 1. The molecule has 0 aliphatic heterocycles. The Morgan fingerprint density at radius 2 is 1.90 bits per heavy atom. The van der Waals surface area contributed by atoms with Gasteiger partial charge in [0.15, 0.2) is 0 Å². The lowest BCUT2D eigenvalue weighted by molar-refractivity contribution is -0.143. The van der Waals surface area contributed by atoms with Crippen molar-refractivity contribution in [3.8, 4) is 0 Å². The van der Waals surface area contributed by atoms with Crippen LogP contribution in [-0.2, 0) is 9.53 Å². The average molecular weight is 278 g/mol. The number of ether oxygens (including phenoxy) is 1. The minimum absolute atomic E-state index is 0.124. The summed E-state index contributed by atoms with van der Waals surface area (Å²) >= 11 is 0. The highest BCUT2D eigenvalue weighted by atomic mass is 16.5. The highest BCUT2D eigenvalue weighted by Crippen LogP contribution is 2.30. The quantitative estimate of drug-likeness (QED) is 0.776. The normalized spacial score (nSPS) is 12.2. The summed E-state index contributed by atoms with van der Waals surface area (Å²) in [7, 11) is 0. The van der Waals surface area contributed by atoms with E-state index in [1.165, 1.54) is 0 Å². The van der Waals surface area contributed by atoms with Crippen molar-refractivity contribution in [2.45, 2.75) is 39.5 Å². The molecule has 0 amide bonds. The molecular weight excluding hydrogens is 256 g/mol. The predicted octanol–water partition coefficient (Wildman–Crippen LogP) is 3.47. The first-order chi connectivity index (χ1) is 9.45. The van der Waals surface area contributed by atoms with Gasteiger partial charge in [-0.15, -0.1) is 0 Å². The third kappa shape index (κ3) is 4.68. The second-order valence-electron chi connectivity index (χ2n) is 5.23. The number of carbonyl (C=O) groups is 2. The molecule has 1 N–H and O–H groups in total. The molecule has 0 aliphatic carbocycles. The fraction of sp³-hybridized carbons (Fsp3) is 0.500. The first kappa shape index (κ1) is 16.2. The minimum Gasteiger partial charge on any atom is -0.478 e. The molecule has 0 bridgehead atoms. The summed E-state index contributed by atoms with van der Waals surface area (Å²) < 4.78 is 4.99. The molecule has 110 valence electrons. The number of rotatable bonds is 7. The summed E-state index contributed by atoms with van der Waals surface area (Å²) in [6, 6.07) is 6.87. The molecule has 0 saturated heterocycles. The number of hydrogen-bond donors (Lipinski definition) is 1. The summed E-state index contributed by atoms with van der Waals surface area (Å²) in [6.45, 7) is 6.22. The van der Waals surface area contributed by atoms with Gasteiger partial charge in [-0.25, -0.2) is 4.79 Å². The Morgan fingerprint density at radius 1 is 1.25 bits per heavy atom. The molecule has 1 aromatic rings. The molecule has 4 nitrogen and oxygen atoms in total. The van der Waals surface area contributed by atoms with Crippen molar-refractivity contribution in [1.29, 1.82) is 0 Å². The van der Waals surface area contributed by atoms with Gasteiger partial charge in [0.2, 0.25) is 0 Å². The SMILES string of the molecule is CCOC(=O)CC(CC(C)C)c1ccccc1C(=O)O. The molecule has 0 heterocycles. The van der Waals surface area contributed by atoms with Crippen molar-refractivity contribution in [2.24, 2.45) is 5.92 Å². The van der Waals surface area contributed by atoms with Gasteiger partial charge in [0.1, 0.15) is 0 Å². The minimum atomic E-state index is -0.960. The fourth-order valence-corrected chi connectivity index (χ4v) is 2.36. The zero-order valence-electron chi connectivity index (χ0n) is 12.3. The summed E-state index contributed by atoms with van der Waals surface area (Å²) in [5.74, 6) is -0.991. The Hall–Kier alpha value is -1.84. The Balaban J connectivity index is 3.04. The third-order valence-electron chi connectivity index (χ3n) is 3.11. The van der Waals surface area contributed by atoms with Crippen molar-refractivity contribution in [2.75, 3.05) is 6.61 Å². The highest BCUT2D eigenvalue weighted by molar-refractivity contribution is 5.89. The Morgan fingerprint density at radius 3 is 2.45 bits per heavy atom. The lowest BCUT2D eigenvalue weighted by Gasteiger charge is -2.20. The molecule has 1 aromatic carbocycles. The molecule has 1 atom stereocenters. The number of carboxylic acid groups (broad SMARTS) is 1. The van der Waals surface area contributed by atoms with Gasteiger partial charge >= 0.3 is 11.9 Å². The first-order valence-electron chi connectivity index (χ1n) is 6.93. The summed E-state index contributed by atoms with van der Waals surface area (Å²) in [4.78, 5) is 23.0. The maximum absolute atomic E-state index is 11.7. The molecule has 0 aliphatic rings. The van der Waals surface area contributed by atoms with Crippen LogP contribution in [0.5, 0.6) is 0 Å². The standard InChI is InChI=1S/C16H22O4/c1-4-20-15(17)10-12(9-11(2)3)13-7-5-6-8-14(13)16(18)19/h5-8,11-12H,4,9-10H2,1-3H3,(H,18,19). The van der Waals surface area contributed by atoms with Crippen LogP contribution >= 0.6 is 0 Å². The summed E-state index contributed by atoms with van der Waals surface area (Å²) in [5, 5.41) is 9.27. The molecular formula is C16H22O4. The van der Waals surface area contributed by atoms with E-state index >= 15 is 0 Å². The molecule has 0 radical (unpaired) electrons. The van der Waals surface area contributed by atoms with Gasteiger partial charge in [0, 0.05) is 0 Å². The van der Waals surface area contributed by atoms with Crippen molar-refractivity contribution in [1.82, 2.24) is 0 Å². The van der Waals surface area contributed by atoms with Crippen LogP contribution in [-0.4, -0.2) is 23.7 Å². The first-order valence-corrected chi connectivity index (χ1v) is 6.93. The molecule has 1 unspecified atom stereocenters. The molecule has 4 heteroatoms. The Kier molecular flexibility index (Phi) is 6.22. The molecule has 20 heavy (non-hydrogen) atoms. The van der Waals surface area contributed by atoms with Gasteiger partial charge < -0.3 is 9.84 Å². The molecule has 0 saturated carbocycles. The van der Waals surface area contributed by atoms with Crippen LogP contribution in [0.1, 0.15) is 55.5 Å². The van der Waals surface area contributed by atoms with Crippen molar-refractivity contribution in [3.63, 3.8) is 0 Å². The van der Waals surface area contributed by atoms with Crippen molar-refractivity contribution < 1.29 is 19.4 Å². The zero-order valence-corrected chi connectivity index (χ0v) is 12.3. The van der Waals surface area contributed by atoms with Gasteiger partial charge in [0.05, 0.1) is 18.6 Å². The van der Waals surface area contributed by atoms with E-state index in [0.29, 0.717) is 18.1 Å². The van der Waals surface area contributed by atoms with Gasteiger partial charge in [0.25, 0.3) is 0 Å². The maximum atomic E-state index is 11.7. The molecule has 1 rings (SSSR count). The van der Waals surface area contributed by atoms with Crippen molar-refractivity contribution >= 4 is 11.9 Å². The number of aromatic carboxylic acids is 1. The number of hydrogen-bond acceptors (Lipinski definition) is 3. The lowest BCUT2D eigenvalue weighted by Crippen LogP contribution is -2.15. The van der Waals surface area contributed by atoms with Gasteiger partial charge in [-0.3, -0.25) is 4.79 Å². The van der Waals surface area contributed by atoms with E-state index in [1.807, 2.05) is 0 Å². The fourth-order valence-electron chi connectivity index (χ4n) is 2.36. The molecule has 0 aromatic heterocycles. The van der Waals surface area contributed by atoms with Crippen LogP contribution in [0.2, 0.25) is 0 Å². The van der Waals surface area contributed by atoms with Crippen LogP contribution in [0.3, 0.4) is 0 Å². The van der Waals surface area contributed by atoms with Gasteiger partial charge in [-0.2, -0.15) is 0 Å². The maximum Gasteiger partial charge on any atom is 0.335 e. The summed E-state index contributed by atoms with van der Waals surface area (Å²) in [5.41, 5.74) is 0.976. The van der Waals surface area contributed by atoms with Crippen molar-refractivity contribution in [3.05, 3.63) is 35.4 Å². The zero-order chi connectivity index (χ0) is 15.1. The molecule has 0 fully saturated rings. The number of esters is 1. The van der Waals surface area contributed by atoms with Crippen LogP contribution in [0, 0.1) is 5.92 Å². The monoisotopic (exact) mass is 278 g/mol. The van der Waals surface area contributed by atoms with Crippen LogP contribution in [0.4, 0.5) is 0 Å². The van der Waals surface area contributed by atoms with E-state index in [4.69, 9.17) is 4.74 Å². The van der Waals surface area contributed by atoms with Gasteiger partial charge in [-0.05, 0) is 36.8 Å². The smallest absolute Gasteiger partial charge is 0.335 e. The van der Waals surface area contributed by atoms with E-state index in [2.05, 4.69) is 13.8 Å². The highest BCUT2D eigenvalue weighted by Gasteiger charge is 2.22. The topological polar surface area (TPSA) is 63.6 Å². The Labute approximate surface area is 119 Å². The number of benzene rings is 1.